The number of aliphatic hydroxyl groups is 1. The molecule has 1 aliphatic rings. The summed E-state index contributed by atoms with van der Waals surface area (Å²) in [5.41, 5.74) is 0.803. The summed E-state index contributed by atoms with van der Waals surface area (Å²) >= 11 is 0. The van der Waals surface area contributed by atoms with Crippen LogP contribution in [0.5, 0.6) is 0 Å². The van der Waals surface area contributed by atoms with Crippen molar-refractivity contribution in [2.45, 2.75) is 25.4 Å². The molecule has 1 N–H and O–H groups in total. The summed E-state index contributed by atoms with van der Waals surface area (Å²) in [5, 5.41) is 9.27. The molecule has 0 aromatic heterocycles. The van der Waals surface area contributed by atoms with E-state index in [2.05, 4.69) is 4.74 Å². The molecule has 1 rings (SSSR count). The van der Waals surface area contributed by atoms with Crippen molar-refractivity contribution in [2.24, 2.45) is 0 Å². The molecule has 3 heteroatoms. The maximum atomic E-state index is 10.8. The lowest BCUT2D eigenvalue weighted by Crippen LogP contribution is -2.23. The first-order valence-electron chi connectivity index (χ1n) is 3.70. The van der Waals surface area contributed by atoms with Gasteiger partial charge in [-0.2, -0.15) is 0 Å². The lowest BCUT2D eigenvalue weighted by Gasteiger charge is -2.08. The van der Waals surface area contributed by atoms with E-state index in [1.807, 2.05) is 6.08 Å². The summed E-state index contributed by atoms with van der Waals surface area (Å²) in [5.74, 6) is -0.557. The van der Waals surface area contributed by atoms with Crippen molar-refractivity contribution < 1.29 is 14.6 Å². The monoisotopic (exact) mass is 156 g/mol. The molecule has 0 spiro atoms. The Morgan fingerprint density at radius 3 is 3.00 bits per heavy atom. The van der Waals surface area contributed by atoms with Crippen LogP contribution in [0.25, 0.3) is 0 Å². The maximum Gasteiger partial charge on any atom is 0.339 e. The highest BCUT2D eigenvalue weighted by Crippen LogP contribution is 2.21. The highest BCUT2D eigenvalue weighted by atomic mass is 16.5. The molecule has 0 saturated carbocycles. The Kier molecular flexibility index (Phi) is 2.65. The molecule has 0 aromatic carbocycles. The van der Waals surface area contributed by atoms with Gasteiger partial charge in [0.05, 0.1) is 7.11 Å². The molecule has 1 unspecified atom stereocenters. The largest absolute Gasteiger partial charge is 0.467 e. The van der Waals surface area contributed by atoms with Gasteiger partial charge in [-0.1, -0.05) is 6.08 Å². The number of methoxy groups -OCH3 is 1. The van der Waals surface area contributed by atoms with Crippen LogP contribution in [-0.2, 0) is 9.53 Å². The van der Waals surface area contributed by atoms with Gasteiger partial charge in [0.25, 0.3) is 0 Å². The smallest absolute Gasteiger partial charge is 0.339 e. The van der Waals surface area contributed by atoms with Crippen molar-refractivity contribution >= 4 is 5.97 Å². The van der Waals surface area contributed by atoms with E-state index >= 15 is 0 Å². The van der Waals surface area contributed by atoms with Crippen molar-refractivity contribution in [1.82, 2.24) is 0 Å². The van der Waals surface area contributed by atoms with Crippen LogP contribution >= 0.6 is 0 Å². The molecule has 0 aromatic rings. The van der Waals surface area contributed by atoms with Crippen molar-refractivity contribution in [1.29, 1.82) is 0 Å². The third kappa shape index (κ3) is 1.80. The van der Waals surface area contributed by atoms with Crippen LogP contribution in [0.1, 0.15) is 19.3 Å². The minimum absolute atomic E-state index is 0.557. The summed E-state index contributed by atoms with van der Waals surface area (Å²) in [7, 11) is 1.28. The third-order valence-corrected chi connectivity index (χ3v) is 1.85. The summed E-state index contributed by atoms with van der Waals surface area (Å²) in [6.07, 6.45) is 3.69. The van der Waals surface area contributed by atoms with Gasteiger partial charge in [-0.25, -0.2) is 4.79 Å². The Labute approximate surface area is 65.7 Å². The molecule has 11 heavy (non-hydrogen) atoms. The Hall–Kier alpha value is -0.830. The highest BCUT2D eigenvalue weighted by Gasteiger charge is 2.21. The molecule has 3 nitrogen and oxygen atoms in total. The molecule has 0 saturated heterocycles. The second-order valence-corrected chi connectivity index (χ2v) is 2.60. The van der Waals surface area contributed by atoms with Crippen LogP contribution in [0, 0.1) is 0 Å². The van der Waals surface area contributed by atoms with Crippen molar-refractivity contribution in [3.05, 3.63) is 11.6 Å². The fraction of sp³-hybridized carbons (Fsp3) is 0.625. The van der Waals surface area contributed by atoms with E-state index in [1.165, 1.54) is 7.11 Å². The van der Waals surface area contributed by atoms with E-state index in [-0.39, 0.29) is 0 Å². The number of aliphatic hydroxyl groups excluding tert-OH is 1. The van der Waals surface area contributed by atoms with Crippen molar-refractivity contribution in [2.75, 3.05) is 7.11 Å². The van der Waals surface area contributed by atoms with Crippen LogP contribution in [0.15, 0.2) is 11.6 Å². The fourth-order valence-corrected chi connectivity index (χ4v) is 1.21. The SMILES string of the molecule is COC(=O)C(O)C1=CCCC1. The molecule has 1 atom stereocenters. The number of carbonyl (C=O) groups is 1. The van der Waals surface area contributed by atoms with Gasteiger partial charge in [-0.05, 0) is 24.8 Å². The van der Waals surface area contributed by atoms with Gasteiger partial charge in [0, 0.05) is 0 Å². The minimum atomic E-state index is -1.03. The third-order valence-electron chi connectivity index (χ3n) is 1.85. The van der Waals surface area contributed by atoms with Gasteiger partial charge >= 0.3 is 5.97 Å². The molecule has 0 heterocycles. The van der Waals surface area contributed by atoms with Gasteiger partial charge in [-0.15, -0.1) is 0 Å². The van der Waals surface area contributed by atoms with Gasteiger partial charge in [0.1, 0.15) is 0 Å². The van der Waals surface area contributed by atoms with E-state index in [1.54, 1.807) is 0 Å². The Morgan fingerprint density at radius 2 is 2.55 bits per heavy atom. The molecule has 62 valence electrons. The number of rotatable bonds is 2. The van der Waals surface area contributed by atoms with Gasteiger partial charge in [-0.3, -0.25) is 0 Å². The molecular formula is C8H12O3. The average Bonchev–Trinajstić information content (AvgIpc) is 2.53. The van der Waals surface area contributed by atoms with E-state index in [4.69, 9.17) is 0 Å². The number of allylic oxidation sites excluding steroid dienone is 1. The first-order chi connectivity index (χ1) is 5.25. The van der Waals surface area contributed by atoms with Crippen LogP contribution in [0.3, 0.4) is 0 Å². The fourth-order valence-electron chi connectivity index (χ4n) is 1.21. The lowest BCUT2D eigenvalue weighted by atomic mass is 10.1. The standard InChI is InChI=1S/C8H12O3/c1-11-8(10)7(9)6-4-2-3-5-6/h4,7,9H,2-3,5H2,1H3. The Balaban J connectivity index is 2.52. The van der Waals surface area contributed by atoms with Crippen LogP contribution in [0.4, 0.5) is 0 Å². The van der Waals surface area contributed by atoms with Gasteiger partial charge in [0.15, 0.2) is 6.10 Å². The van der Waals surface area contributed by atoms with Crippen LogP contribution in [-0.4, -0.2) is 24.3 Å². The summed E-state index contributed by atoms with van der Waals surface area (Å²) in [6, 6.07) is 0. The second-order valence-electron chi connectivity index (χ2n) is 2.60. The van der Waals surface area contributed by atoms with E-state index in [0.29, 0.717) is 0 Å². The van der Waals surface area contributed by atoms with Crippen LogP contribution < -0.4 is 0 Å². The average molecular weight is 156 g/mol. The zero-order chi connectivity index (χ0) is 8.27. The Bertz CT molecular complexity index is 184. The lowest BCUT2D eigenvalue weighted by molar-refractivity contribution is -0.148. The van der Waals surface area contributed by atoms with Gasteiger partial charge in [0.2, 0.25) is 0 Å². The number of hydrogen-bond acceptors (Lipinski definition) is 3. The zero-order valence-corrected chi connectivity index (χ0v) is 6.54. The molecule has 0 bridgehead atoms. The first kappa shape index (κ1) is 8.27. The van der Waals surface area contributed by atoms with E-state index in [0.717, 1.165) is 24.8 Å². The molecule has 0 fully saturated rings. The predicted molar refractivity (Wildman–Crippen MR) is 40.0 cm³/mol. The Morgan fingerprint density at radius 1 is 1.82 bits per heavy atom. The van der Waals surface area contributed by atoms with Crippen LogP contribution in [0.2, 0.25) is 0 Å². The molecule has 0 amide bonds. The molecule has 0 aliphatic heterocycles. The summed E-state index contributed by atoms with van der Waals surface area (Å²) in [6.45, 7) is 0. The predicted octanol–water partition coefficient (Wildman–Crippen LogP) is 0.631. The van der Waals surface area contributed by atoms with Crippen molar-refractivity contribution in [3.63, 3.8) is 0 Å². The minimum Gasteiger partial charge on any atom is -0.467 e. The summed E-state index contributed by atoms with van der Waals surface area (Å²) in [4.78, 5) is 10.8. The second kappa shape index (κ2) is 3.53. The quantitative estimate of drug-likeness (QED) is 0.471. The number of ether oxygens (including phenoxy) is 1. The first-order valence-corrected chi connectivity index (χ1v) is 3.70. The molecule has 1 aliphatic carbocycles. The van der Waals surface area contributed by atoms with E-state index < -0.39 is 12.1 Å². The van der Waals surface area contributed by atoms with E-state index in [9.17, 15) is 9.90 Å². The maximum absolute atomic E-state index is 10.8. The topological polar surface area (TPSA) is 46.5 Å². The number of esters is 1. The normalized spacial score (nSPS) is 19.3. The number of carbonyl (C=O) groups excluding carboxylic acids is 1. The van der Waals surface area contributed by atoms with Crippen molar-refractivity contribution in [3.8, 4) is 0 Å². The highest BCUT2D eigenvalue weighted by molar-refractivity contribution is 5.77. The zero-order valence-electron chi connectivity index (χ0n) is 6.54. The molecular weight excluding hydrogens is 144 g/mol. The van der Waals surface area contributed by atoms with Gasteiger partial charge < -0.3 is 9.84 Å². The molecule has 0 radical (unpaired) electrons. The number of hydrogen-bond donors (Lipinski definition) is 1. The summed E-state index contributed by atoms with van der Waals surface area (Å²) < 4.78 is 4.39.